The van der Waals surface area contributed by atoms with Crippen molar-refractivity contribution in [2.75, 3.05) is 0 Å². The highest BCUT2D eigenvalue weighted by Gasteiger charge is 2.33. The van der Waals surface area contributed by atoms with E-state index < -0.39 is 23.0 Å². The maximum absolute atomic E-state index is 14.8. The van der Waals surface area contributed by atoms with Gasteiger partial charge < -0.3 is 4.57 Å². The van der Waals surface area contributed by atoms with Gasteiger partial charge in [0, 0.05) is 18.1 Å². The van der Waals surface area contributed by atoms with Crippen LogP contribution in [-0.2, 0) is 6.54 Å². The van der Waals surface area contributed by atoms with Crippen molar-refractivity contribution in [2.24, 2.45) is 0 Å². The van der Waals surface area contributed by atoms with Gasteiger partial charge in [-0.1, -0.05) is 18.2 Å². The Kier molecular flexibility index (Phi) is 3.18. The Hall–Kier alpha value is -3.54. The molecule has 0 fully saturated rings. The molecule has 0 atom stereocenters. The molecule has 2 aromatic carbocycles. The number of pyridine rings is 1. The Labute approximate surface area is 151 Å². The summed E-state index contributed by atoms with van der Waals surface area (Å²) in [5, 5.41) is 0.129. The lowest BCUT2D eigenvalue weighted by atomic mass is 10.1. The minimum atomic E-state index is -0.568. The van der Waals surface area contributed by atoms with Crippen LogP contribution in [0, 0.1) is 11.6 Å². The monoisotopic (exact) mass is 362 g/mol. The van der Waals surface area contributed by atoms with Crippen molar-refractivity contribution in [3.05, 3.63) is 93.8 Å². The lowest BCUT2D eigenvalue weighted by Gasteiger charge is -2.17. The van der Waals surface area contributed by atoms with E-state index in [4.69, 9.17) is 0 Å². The number of rotatable bonds is 2. The predicted molar refractivity (Wildman–Crippen MR) is 96.8 cm³/mol. The van der Waals surface area contributed by atoms with Crippen LogP contribution in [0.2, 0.25) is 0 Å². The standard InChI is InChI=1S/C21H12F2N2O2/c22-13-5-1-4-12(10-13)11-25-18-14(6-2-7-15(18)23)20(26)17-19(25)16-8-3-9-24(16)21(17)27/h1-10H,11H2. The van der Waals surface area contributed by atoms with E-state index in [-0.39, 0.29) is 23.0 Å². The lowest BCUT2D eigenvalue weighted by Crippen LogP contribution is -2.21. The predicted octanol–water partition coefficient (Wildman–Crippen LogP) is 3.80. The Bertz CT molecular complexity index is 1320. The fourth-order valence-electron chi connectivity index (χ4n) is 3.77. The summed E-state index contributed by atoms with van der Waals surface area (Å²) in [7, 11) is 0. The number of aromatic nitrogens is 2. The zero-order chi connectivity index (χ0) is 18.7. The molecule has 132 valence electrons. The Morgan fingerprint density at radius 3 is 2.56 bits per heavy atom. The van der Waals surface area contributed by atoms with Crippen LogP contribution in [0.25, 0.3) is 22.3 Å². The molecule has 0 spiro atoms. The van der Waals surface area contributed by atoms with Gasteiger partial charge in [-0.15, -0.1) is 0 Å². The van der Waals surface area contributed by atoms with Gasteiger partial charge in [0.2, 0.25) is 5.43 Å². The highest BCUT2D eigenvalue weighted by Crippen LogP contribution is 2.34. The van der Waals surface area contributed by atoms with E-state index in [1.165, 1.54) is 34.9 Å². The molecule has 0 radical (unpaired) electrons. The van der Waals surface area contributed by atoms with Crippen LogP contribution < -0.4 is 5.43 Å². The number of hydrogen-bond acceptors (Lipinski definition) is 2. The van der Waals surface area contributed by atoms with Gasteiger partial charge in [0.25, 0.3) is 5.91 Å². The normalized spacial score (nSPS) is 12.4. The zero-order valence-corrected chi connectivity index (χ0v) is 13.9. The number of nitrogens with zero attached hydrogens (tertiary/aromatic N) is 2. The van der Waals surface area contributed by atoms with Crippen molar-refractivity contribution in [2.45, 2.75) is 6.54 Å². The number of para-hydroxylation sites is 1. The second-order valence-corrected chi connectivity index (χ2v) is 6.47. The quantitative estimate of drug-likeness (QED) is 0.479. The largest absolute Gasteiger partial charge is 0.332 e. The second-order valence-electron chi connectivity index (χ2n) is 6.47. The van der Waals surface area contributed by atoms with Crippen LogP contribution in [0.3, 0.4) is 0 Å². The summed E-state index contributed by atoms with van der Waals surface area (Å²) in [6, 6.07) is 13.6. The molecule has 6 heteroatoms. The summed E-state index contributed by atoms with van der Waals surface area (Å²) in [4.78, 5) is 25.7. The van der Waals surface area contributed by atoms with Gasteiger partial charge in [-0.3, -0.25) is 14.2 Å². The third-order valence-corrected chi connectivity index (χ3v) is 4.89. The molecule has 5 rings (SSSR count). The van der Waals surface area contributed by atoms with E-state index in [0.717, 1.165) is 0 Å². The molecule has 27 heavy (non-hydrogen) atoms. The lowest BCUT2D eigenvalue weighted by molar-refractivity contribution is 0.0968. The molecule has 4 nitrogen and oxygen atoms in total. The van der Waals surface area contributed by atoms with Crippen LogP contribution in [0.15, 0.2) is 65.6 Å². The molecule has 1 aliphatic rings. The second kappa shape index (κ2) is 5.48. The maximum atomic E-state index is 14.8. The highest BCUT2D eigenvalue weighted by atomic mass is 19.1. The average Bonchev–Trinajstić information content (AvgIpc) is 3.22. The molecular formula is C21H12F2N2O2. The van der Waals surface area contributed by atoms with Crippen LogP contribution in [0.5, 0.6) is 0 Å². The summed E-state index contributed by atoms with van der Waals surface area (Å²) < 4.78 is 31.4. The van der Waals surface area contributed by atoms with Crippen LogP contribution >= 0.6 is 0 Å². The van der Waals surface area contributed by atoms with Crippen LogP contribution in [0.1, 0.15) is 15.9 Å². The minimum absolute atomic E-state index is 0.0140. The average molecular weight is 362 g/mol. The number of fused-ring (bicyclic) bond motifs is 4. The molecule has 0 amide bonds. The van der Waals surface area contributed by atoms with E-state index in [0.29, 0.717) is 17.0 Å². The van der Waals surface area contributed by atoms with Gasteiger partial charge in [-0.05, 0) is 42.0 Å². The molecule has 0 unspecified atom stereocenters. The molecule has 2 aromatic heterocycles. The van der Waals surface area contributed by atoms with Crippen molar-refractivity contribution in [3.63, 3.8) is 0 Å². The summed E-state index contributed by atoms with van der Waals surface area (Å²) >= 11 is 0. The van der Waals surface area contributed by atoms with Gasteiger partial charge >= 0.3 is 0 Å². The molecule has 0 N–H and O–H groups in total. The zero-order valence-electron chi connectivity index (χ0n) is 13.9. The molecule has 0 bridgehead atoms. The first kappa shape index (κ1) is 15.7. The molecular weight excluding hydrogens is 350 g/mol. The van der Waals surface area contributed by atoms with E-state index in [9.17, 15) is 18.4 Å². The van der Waals surface area contributed by atoms with E-state index in [1.54, 1.807) is 35.0 Å². The van der Waals surface area contributed by atoms with Crippen molar-refractivity contribution in [1.82, 2.24) is 9.13 Å². The summed E-state index contributed by atoms with van der Waals surface area (Å²) in [6.07, 6.45) is 1.57. The van der Waals surface area contributed by atoms with Crippen LogP contribution in [-0.4, -0.2) is 15.0 Å². The number of halogens is 2. The molecule has 3 heterocycles. The fourth-order valence-corrected chi connectivity index (χ4v) is 3.77. The van der Waals surface area contributed by atoms with Gasteiger partial charge in [-0.2, -0.15) is 0 Å². The summed E-state index contributed by atoms with van der Waals surface area (Å²) in [5.74, 6) is -1.41. The number of benzene rings is 2. The van der Waals surface area contributed by atoms with Gasteiger partial charge in [0.15, 0.2) is 0 Å². The summed E-state index contributed by atoms with van der Waals surface area (Å²) in [5.41, 5.74) is 1.10. The topological polar surface area (TPSA) is 44.0 Å². The van der Waals surface area contributed by atoms with Gasteiger partial charge in [-0.25, -0.2) is 8.78 Å². The van der Waals surface area contributed by atoms with Crippen LogP contribution in [0.4, 0.5) is 8.78 Å². The van der Waals surface area contributed by atoms with E-state index >= 15 is 0 Å². The number of carbonyl (C=O) groups is 1. The SMILES string of the molecule is O=C1c2c(n(Cc3cccc(F)c3)c3c(F)cccc3c2=O)-c2cccn21. The van der Waals surface area contributed by atoms with Gasteiger partial charge in [0.05, 0.1) is 16.9 Å². The first-order valence-electron chi connectivity index (χ1n) is 8.38. The number of hydrogen-bond donors (Lipinski definition) is 0. The Morgan fingerprint density at radius 2 is 1.74 bits per heavy atom. The molecule has 0 saturated heterocycles. The highest BCUT2D eigenvalue weighted by molar-refractivity contribution is 6.10. The smallest absolute Gasteiger partial charge is 0.268 e. The van der Waals surface area contributed by atoms with E-state index in [2.05, 4.69) is 0 Å². The van der Waals surface area contributed by atoms with Crippen molar-refractivity contribution in [3.8, 4) is 11.4 Å². The van der Waals surface area contributed by atoms with Crippen molar-refractivity contribution < 1.29 is 13.6 Å². The Morgan fingerprint density at radius 1 is 0.926 bits per heavy atom. The molecule has 1 aliphatic heterocycles. The van der Waals surface area contributed by atoms with E-state index in [1.807, 2.05) is 0 Å². The molecule has 0 aliphatic carbocycles. The summed E-state index contributed by atoms with van der Waals surface area (Å²) in [6.45, 7) is 0.121. The molecule has 0 saturated carbocycles. The minimum Gasteiger partial charge on any atom is -0.332 e. The maximum Gasteiger partial charge on any atom is 0.268 e. The molecule has 4 aromatic rings. The first-order valence-corrected chi connectivity index (χ1v) is 8.38. The third-order valence-electron chi connectivity index (χ3n) is 4.89. The number of carbonyl (C=O) groups excluding carboxylic acids is 1. The van der Waals surface area contributed by atoms with Crippen molar-refractivity contribution in [1.29, 1.82) is 0 Å². The van der Waals surface area contributed by atoms with Crippen molar-refractivity contribution >= 4 is 16.8 Å². The third kappa shape index (κ3) is 2.13. The first-order chi connectivity index (χ1) is 13.1. The van der Waals surface area contributed by atoms with Gasteiger partial charge in [0.1, 0.15) is 17.2 Å². The Balaban J connectivity index is 1.92. The fraction of sp³-hybridized carbons (Fsp3) is 0.0476.